The van der Waals surface area contributed by atoms with Crippen molar-refractivity contribution in [2.45, 2.75) is 44.3 Å². The van der Waals surface area contributed by atoms with Gasteiger partial charge < -0.3 is 15.6 Å². The Kier molecular flexibility index (Phi) is 9.25. The van der Waals surface area contributed by atoms with E-state index in [1.807, 2.05) is 12.3 Å². The molecule has 0 aliphatic heterocycles. The first-order valence-corrected chi connectivity index (χ1v) is 11.0. The zero-order chi connectivity index (χ0) is 22.2. The van der Waals surface area contributed by atoms with Crippen molar-refractivity contribution >= 4 is 20.0 Å². The van der Waals surface area contributed by atoms with Crippen LogP contribution in [0.5, 0.6) is 5.75 Å². The molecule has 1 aromatic heterocycles. The Morgan fingerprint density at radius 3 is 2.57 bits per heavy atom. The van der Waals surface area contributed by atoms with Gasteiger partial charge in [-0.2, -0.15) is 13.2 Å². The van der Waals surface area contributed by atoms with Gasteiger partial charge in [0.1, 0.15) is 5.75 Å². The van der Waals surface area contributed by atoms with E-state index < -0.39 is 32.6 Å². The van der Waals surface area contributed by atoms with E-state index in [0.29, 0.717) is 12.0 Å². The summed E-state index contributed by atoms with van der Waals surface area (Å²) in [5.74, 6) is -0.206. The number of ether oxygens (including phenoxy) is 1. The molecule has 1 atom stereocenters. The zero-order valence-corrected chi connectivity index (χ0v) is 18.3. The van der Waals surface area contributed by atoms with Gasteiger partial charge in [-0.15, -0.1) is 11.3 Å². The number of thiophene rings is 1. The van der Waals surface area contributed by atoms with Crippen molar-refractivity contribution < 1.29 is 32.1 Å². The highest BCUT2D eigenvalue weighted by molar-refractivity contribution is 7.17. The van der Waals surface area contributed by atoms with Crippen molar-refractivity contribution in [3.8, 4) is 5.75 Å². The van der Waals surface area contributed by atoms with Crippen molar-refractivity contribution in [1.82, 2.24) is 0 Å². The first kappa shape index (κ1) is 24.8. The molecule has 0 fully saturated rings. The lowest BCUT2D eigenvalue weighted by molar-refractivity contribution is -0.139. The van der Waals surface area contributed by atoms with Crippen molar-refractivity contribution in [3.63, 3.8) is 0 Å². The number of aliphatic hydroxyl groups is 1. The van der Waals surface area contributed by atoms with E-state index in [1.54, 1.807) is 17.4 Å². The minimum Gasteiger partial charge on any atom is -0.493 e. The Bertz CT molecular complexity index is 831. The molecule has 1 aromatic carbocycles. The number of aryl methyl sites for hydroxylation is 3. The minimum absolute atomic E-state index is 0.163. The van der Waals surface area contributed by atoms with Crippen LogP contribution >= 0.6 is 20.0 Å². The Labute approximate surface area is 179 Å². The summed E-state index contributed by atoms with van der Waals surface area (Å²) < 4.78 is 61.1. The summed E-state index contributed by atoms with van der Waals surface area (Å²) in [6.07, 6.45) is -2.85. The maximum Gasteiger partial charge on any atom is 0.419 e. The number of hydrogen-bond donors (Lipinski definition) is 2. The predicted molar refractivity (Wildman–Crippen MR) is 110 cm³/mol. The fourth-order valence-electron chi connectivity index (χ4n) is 2.91. The molecule has 30 heavy (non-hydrogen) atoms. The molecule has 1 unspecified atom stereocenters. The zero-order valence-electron chi connectivity index (χ0n) is 16.6. The Hall–Kier alpha value is -1.51. The summed E-state index contributed by atoms with van der Waals surface area (Å²) in [6.45, 7) is 1.57. The fraction of sp³-hybridized carbons (Fsp3) is 0.500. The van der Waals surface area contributed by atoms with Crippen molar-refractivity contribution in [2.24, 2.45) is 5.73 Å². The van der Waals surface area contributed by atoms with Gasteiger partial charge in [0.05, 0.1) is 30.9 Å². The molecule has 0 aliphatic rings. The van der Waals surface area contributed by atoms with Crippen molar-refractivity contribution in [2.75, 3.05) is 19.8 Å². The van der Waals surface area contributed by atoms with E-state index in [9.17, 15) is 22.8 Å². The third kappa shape index (κ3) is 7.63. The number of rotatable bonds is 12. The van der Waals surface area contributed by atoms with Crippen LogP contribution in [0.3, 0.4) is 0 Å². The van der Waals surface area contributed by atoms with E-state index in [1.165, 1.54) is 10.9 Å². The van der Waals surface area contributed by atoms with Crippen molar-refractivity contribution in [3.05, 3.63) is 51.2 Å². The number of nitrogens with two attached hydrogens (primary N) is 1. The summed E-state index contributed by atoms with van der Waals surface area (Å²) >= 11 is 1.64. The van der Waals surface area contributed by atoms with E-state index in [4.69, 9.17) is 15.0 Å². The Morgan fingerprint density at radius 2 is 1.97 bits per heavy atom. The molecule has 5 nitrogen and oxygen atoms in total. The molecule has 0 amide bonds. The molecule has 0 bridgehead atoms. The minimum atomic E-state index is -4.56. The third-order valence-electron chi connectivity index (χ3n) is 4.63. The number of alkyl halides is 3. The van der Waals surface area contributed by atoms with Crippen LogP contribution in [-0.4, -0.2) is 30.5 Å². The molecule has 10 heteroatoms. The number of hydrogen-bond acceptors (Lipinski definition) is 6. The summed E-state index contributed by atoms with van der Waals surface area (Å²) in [6, 6.07) is 5.97. The van der Waals surface area contributed by atoms with E-state index in [-0.39, 0.29) is 31.8 Å². The summed E-state index contributed by atoms with van der Waals surface area (Å²) in [5.41, 5.74) is 5.48. The van der Waals surface area contributed by atoms with Gasteiger partial charge in [0, 0.05) is 4.88 Å². The second kappa shape index (κ2) is 11.2. The lowest BCUT2D eigenvalue weighted by atomic mass is 9.93. The smallest absolute Gasteiger partial charge is 0.419 e. The van der Waals surface area contributed by atoms with Crippen molar-refractivity contribution in [1.29, 1.82) is 0 Å². The first-order chi connectivity index (χ1) is 14.2. The lowest BCUT2D eigenvalue weighted by Gasteiger charge is -2.25. The molecule has 0 radical (unpaired) electrons. The lowest BCUT2D eigenvalue weighted by Crippen LogP contribution is -2.47. The molecule has 166 valence electrons. The van der Waals surface area contributed by atoms with E-state index in [0.717, 1.165) is 18.1 Å². The molecule has 0 saturated heterocycles. The fourth-order valence-corrected chi connectivity index (χ4v) is 3.96. The van der Waals surface area contributed by atoms with Crippen LogP contribution in [0.15, 0.2) is 29.6 Å². The van der Waals surface area contributed by atoms with Gasteiger partial charge in [-0.25, -0.2) is 4.57 Å². The molecule has 1 heterocycles. The van der Waals surface area contributed by atoms with Gasteiger partial charge in [-0.1, -0.05) is 6.07 Å². The van der Waals surface area contributed by atoms with Gasteiger partial charge in [-0.05, 0) is 67.3 Å². The molecule has 2 aromatic rings. The molecule has 2 rings (SSSR count). The summed E-state index contributed by atoms with van der Waals surface area (Å²) in [7, 11) is -0.572. The van der Waals surface area contributed by atoms with Gasteiger partial charge in [0.15, 0.2) is 0 Å². The number of halogens is 3. The molecular formula is C20H25F3NO4PS. The normalized spacial score (nSPS) is 14.1. The second-order valence-electron chi connectivity index (χ2n) is 7.21. The molecular weight excluding hydrogens is 438 g/mol. The standard InChI is InChI=1S/C20H25F3NO4PS/c1-14-9-16(11-30-14)3-2-8-27-18-5-4-15(10-17(18)20(21,22)23)6-7-19(24,12-25)13-28-29-26/h4-5,9-11,25H,2-3,6-8,12-13,24H2,1H3. The summed E-state index contributed by atoms with van der Waals surface area (Å²) in [5, 5.41) is 11.5. The van der Waals surface area contributed by atoms with Crippen LogP contribution in [0.2, 0.25) is 0 Å². The van der Waals surface area contributed by atoms with Crippen LogP contribution in [0, 0.1) is 6.92 Å². The molecule has 0 aliphatic carbocycles. The topological polar surface area (TPSA) is 81.8 Å². The Morgan fingerprint density at radius 1 is 1.20 bits per heavy atom. The average molecular weight is 463 g/mol. The quantitative estimate of drug-likeness (QED) is 0.345. The molecule has 0 spiro atoms. The number of aliphatic hydroxyl groups excluding tert-OH is 1. The van der Waals surface area contributed by atoms with Gasteiger partial charge in [-0.3, -0.25) is 4.52 Å². The maximum atomic E-state index is 13.5. The Balaban J connectivity index is 2.00. The van der Waals surface area contributed by atoms with Gasteiger partial charge in [0.25, 0.3) is 0 Å². The average Bonchev–Trinajstić information content (AvgIpc) is 3.13. The molecule has 3 N–H and O–H groups in total. The largest absolute Gasteiger partial charge is 0.493 e. The highest BCUT2D eigenvalue weighted by Gasteiger charge is 2.35. The monoisotopic (exact) mass is 463 g/mol. The maximum absolute atomic E-state index is 13.5. The van der Waals surface area contributed by atoms with Gasteiger partial charge >= 0.3 is 14.9 Å². The number of benzene rings is 1. The SMILES string of the molecule is Cc1cc(CCCOc2ccc(CCC(N)(CO)COP=O)cc2C(F)(F)F)cs1. The highest BCUT2D eigenvalue weighted by atomic mass is 32.1. The molecule has 0 saturated carbocycles. The van der Waals surface area contributed by atoms with Crippen LogP contribution in [0.1, 0.15) is 34.4 Å². The second-order valence-corrected chi connectivity index (χ2v) is 8.74. The van der Waals surface area contributed by atoms with E-state index >= 15 is 0 Å². The van der Waals surface area contributed by atoms with Crippen LogP contribution in [0.25, 0.3) is 0 Å². The van der Waals surface area contributed by atoms with Gasteiger partial charge in [0.2, 0.25) is 0 Å². The van der Waals surface area contributed by atoms with Crippen LogP contribution in [0.4, 0.5) is 13.2 Å². The summed E-state index contributed by atoms with van der Waals surface area (Å²) in [4.78, 5) is 1.20. The predicted octanol–water partition coefficient (Wildman–Crippen LogP) is 4.93. The third-order valence-corrected chi connectivity index (χ3v) is 5.78. The van der Waals surface area contributed by atoms with Crippen LogP contribution in [-0.2, 0) is 28.1 Å². The highest BCUT2D eigenvalue weighted by Crippen LogP contribution is 2.37. The van der Waals surface area contributed by atoms with E-state index in [2.05, 4.69) is 6.07 Å². The first-order valence-electron chi connectivity index (χ1n) is 9.38. The van der Waals surface area contributed by atoms with Crippen LogP contribution < -0.4 is 10.5 Å².